The van der Waals surface area contributed by atoms with Gasteiger partial charge in [-0.1, -0.05) is 6.07 Å². The van der Waals surface area contributed by atoms with E-state index in [1.54, 1.807) is 0 Å². The van der Waals surface area contributed by atoms with E-state index in [0.717, 1.165) is 5.52 Å². The van der Waals surface area contributed by atoms with Crippen molar-refractivity contribution in [2.24, 2.45) is 0 Å². The van der Waals surface area contributed by atoms with Crippen LogP contribution in [0.3, 0.4) is 0 Å². The highest BCUT2D eigenvalue weighted by molar-refractivity contribution is 8.00. The number of thioether (sulfide) groups is 1. The number of benzene rings is 1. The van der Waals surface area contributed by atoms with Crippen molar-refractivity contribution in [3.8, 4) is 0 Å². The predicted molar refractivity (Wildman–Crippen MR) is 69.8 cm³/mol. The third kappa shape index (κ3) is 1.24. The van der Waals surface area contributed by atoms with Gasteiger partial charge in [-0.2, -0.15) is 0 Å². The van der Waals surface area contributed by atoms with E-state index in [0.29, 0.717) is 5.25 Å². The molecule has 0 saturated carbocycles. The van der Waals surface area contributed by atoms with Crippen LogP contribution in [-0.2, 0) is 4.87 Å². The van der Waals surface area contributed by atoms with Crippen molar-refractivity contribution in [1.29, 1.82) is 0 Å². The Kier molecular flexibility index (Phi) is 1.94. The second kappa shape index (κ2) is 3.04. The van der Waals surface area contributed by atoms with Crippen LogP contribution in [0.15, 0.2) is 18.2 Å². The van der Waals surface area contributed by atoms with Crippen LogP contribution in [-0.4, -0.2) is 9.55 Å². The summed E-state index contributed by atoms with van der Waals surface area (Å²) in [6.45, 7) is 8.92. The molecule has 3 rings (SSSR count). The fourth-order valence-electron chi connectivity index (χ4n) is 2.58. The number of aromatic nitrogens is 2. The van der Waals surface area contributed by atoms with Gasteiger partial charge < -0.3 is 4.57 Å². The lowest BCUT2D eigenvalue weighted by Gasteiger charge is -2.21. The van der Waals surface area contributed by atoms with Crippen LogP contribution in [0.1, 0.15) is 37.4 Å². The molecule has 2 aromatic rings. The number of nitrogens with zero attached hydrogens (tertiary/aromatic N) is 2. The second-order valence-corrected chi connectivity index (χ2v) is 6.95. The predicted octanol–water partition coefficient (Wildman–Crippen LogP) is 3.85. The molecule has 0 fully saturated rings. The average Bonchev–Trinajstić information content (AvgIpc) is 2.64. The Morgan fingerprint density at radius 2 is 2.12 bits per heavy atom. The van der Waals surface area contributed by atoms with Crippen LogP contribution in [0.4, 0.5) is 0 Å². The van der Waals surface area contributed by atoms with Crippen LogP contribution in [0.25, 0.3) is 11.0 Å². The van der Waals surface area contributed by atoms with E-state index in [1.165, 1.54) is 16.9 Å². The first kappa shape index (κ1) is 10.2. The van der Waals surface area contributed by atoms with Crippen molar-refractivity contribution in [1.82, 2.24) is 9.55 Å². The Morgan fingerprint density at radius 1 is 1.38 bits per heavy atom. The zero-order valence-electron chi connectivity index (χ0n) is 10.1. The number of aryl methyl sites for hydroxylation is 1. The molecule has 0 radical (unpaired) electrons. The molecule has 2 nitrogen and oxygen atoms in total. The minimum absolute atomic E-state index is 0.122. The van der Waals surface area contributed by atoms with Crippen LogP contribution >= 0.6 is 11.8 Å². The van der Waals surface area contributed by atoms with Crippen LogP contribution in [0.5, 0.6) is 0 Å². The summed E-state index contributed by atoms with van der Waals surface area (Å²) in [7, 11) is 0. The summed E-state index contributed by atoms with van der Waals surface area (Å²) in [5.41, 5.74) is 3.70. The number of rotatable bonds is 0. The molecular weight excluding hydrogens is 216 g/mol. The molecule has 0 aliphatic carbocycles. The average molecular weight is 232 g/mol. The lowest BCUT2D eigenvalue weighted by Crippen LogP contribution is -2.17. The monoisotopic (exact) mass is 232 g/mol. The van der Waals surface area contributed by atoms with Crippen molar-refractivity contribution < 1.29 is 0 Å². The summed E-state index contributed by atoms with van der Waals surface area (Å²) in [6.07, 6.45) is 0. The van der Waals surface area contributed by atoms with E-state index >= 15 is 0 Å². The fourth-order valence-corrected chi connectivity index (χ4v) is 4.01. The van der Waals surface area contributed by atoms with E-state index in [1.807, 2.05) is 11.8 Å². The van der Waals surface area contributed by atoms with Crippen LogP contribution in [0, 0.1) is 6.92 Å². The molecule has 2 heterocycles. The highest BCUT2D eigenvalue weighted by atomic mass is 32.2. The summed E-state index contributed by atoms with van der Waals surface area (Å²) in [5, 5.41) is 0.489. The Hall–Kier alpha value is -0.960. The van der Waals surface area contributed by atoms with Gasteiger partial charge in [0.1, 0.15) is 5.82 Å². The van der Waals surface area contributed by atoms with E-state index in [9.17, 15) is 0 Å². The maximum absolute atomic E-state index is 4.75. The van der Waals surface area contributed by atoms with Gasteiger partial charge in [-0.25, -0.2) is 4.98 Å². The molecule has 0 bridgehead atoms. The van der Waals surface area contributed by atoms with E-state index in [-0.39, 0.29) is 4.87 Å². The third-order valence-corrected chi connectivity index (χ3v) is 4.53. The number of hydrogen-bond donors (Lipinski definition) is 0. The van der Waals surface area contributed by atoms with Crippen molar-refractivity contribution >= 4 is 22.8 Å². The van der Waals surface area contributed by atoms with E-state index in [4.69, 9.17) is 4.98 Å². The number of hydrogen-bond acceptors (Lipinski definition) is 2. The van der Waals surface area contributed by atoms with Gasteiger partial charge in [0.05, 0.1) is 21.2 Å². The molecule has 84 valence electrons. The molecule has 3 heteroatoms. The lowest BCUT2D eigenvalue weighted by atomic mass is 10.2. The fraction of sp³-hybridized carbons (Fsp3) is 0.462. The maximum Gasteiger partial charge on any atom is 0.124 e. The van der Waals surface area contributed by atoms with Gasteiger partial charge in [0.2, 0.25) is 0 Å². The van der Waals surface area contributed by atoms with E-state index in [2.05, 4.69) is 50.5 Å². The molecule has 1 unspecified atom stereocenters. The largest absolute Gasteiger partial charge is 0.312 e. The molecule has 0 spiro atoms. The first-order valence-electron chi connectivity index (χ1n) is 5.66. The third-order valence-electron chi connectivity index (χ3n) is 3.20. The number of imidazole rings is 1. The van der Waals surface area contributed by atoms with Gasteiger partial charge in [0.15, 0.2) is 0 Å². The summed E-state index contributed by atoms with van der Waals surface area (Å²) >= 11 is 1.98. The quantitative estimate of drug-likeness (QED) is 0.686. The SMILES string of the molecule is Cc1ccc2nc3n(c2c1)C(C)(C)SC3C. The first-order chi connectivity index (χ1) is 7.49. The summed E-state index contributed by atoms with van der Waals surface area (Å²) in [4.78, 5) is 4.88. The molecule has 0 saturated heterocycles. The Balaban J connectivity index is 2.39. The Labute approximate surface area is 100 Å². The van der Waals surface area contributed by atoms with Crippen LogP contribution in [0.2, 0.25) is 0 Å². The minimum atomic E-state index is 0.122. The van der Waals surface area contributed by atoms with Crippen molar-refractivity contribution in [2.45, 2.75) is 37.8 Å². The smallest absolute Gasteiger partial charge is 0.124 e. The van der Waals surface area contributed by atoms with Gasteiger partial charge in [-0.05, 0) is 45.4 Å². The zero-order valence-corrected chi connectivity index (χ0v) is 10.9. The molecule has 1 aliphatic heterocycles. The topological polar surface area (TPSA) is 17.8 Å². The van der Waals surface area contributed by atoms with Crippen molar-refractivity contribution in [3.05, 3.63) is 29.6 Å². The zero-order chi connectivity index (χ0) is 11.5. The van der Waals surface area contributed by atoms with Crippen molar-refractivity contribution in [3.63, 3.8) is 0 Å². The summed E-state index contributed by atoms with van der Waals surface area (Å²) in [6, 6.07) is 6.51. The Morgan fingerprint density at radius 3 is 2.88 bits per heavy atom. The van der Waals surface area contributed by atoms with Gasteiger partial charge in [-0.3, -0.25) is 0 Å². The van der Waals surface area contributed by atoms with Crippen molar-refractivity contribution in [2.75, 3.05) is 0 Å². The van der Waals surface area contributed by atoms with E-state index < -0.39 is 0 Å². The summed E-state index contributed by atoms with van der Waals surface area (Å²) in [5.74, 6) is 1.22. The van der Waals surface area contributed by atoms with Crippen LogP contribution < -0.4 is 0 Å². The lowest BCUT2D eigenvalue weighted by molar-refractivity contribution is 0.556. The van der Waals surface area contributed by atoms with Gasteiger partial charge >= 0.3 is 0 Å². The molecule has 0 amide bonds. The molecule has 1 aromatic carbocycles. The number of fused-ring (bicyclic) bond motifs is 3. The molecule has 1 aromatic heterocycles. The molecule has 16 heavy (non-hydrogen) atoms. The minimum Gasteiger partial charge on any atom is -0.312 e. The molecule has 1 atom stereocenters. The standard InChI is InChI=1S/C13H16N2S/c1-8-5-6-10-11(7-8)15-12(14-10)9(2)16-13(15,3)4/h5-7,9H,1-4H3. The molecular formula is C13H16N2S. The molecule has 1 aliphatic rings. The van der Waals surface area contributed by atoms with Gasteiger partial charge in [0, 0.05) is 0 Å². The van der Waals surface area contributed by atoms with Gasteiger partial charge in [-0.15, -0.1) is 11.8 Å². The highest BCUT2D eigenvalue weighted by Crippen LogP contribution is 2.50. The molecule has 0 N–H and O–H groups in total. The summed E-state index contributed by atoms with van der Waals surface area (Å²) < 4.78 is 2.39. The Bertz CT molecular complexity index is 569. The van der Waals surface area contributed by atoms with Gasteiger partial charge in [0.25, 0.3) is 0 Å². The highest BCUT2D eigenvalue weighted by Gasteiger charge is 2.37. The first-order valence-corrected chi connectivity index (χ1v) is 6.54. The maximum atomic E-state index is 4.75. The second-order valence-electron chi connectivity index (χ2n) is 5.00. The normalized spacial score (nSPS) is 22.6.